The smallest absolute Gasteiger partial charge is 0.255 e. The highest BCUT2D eigenvalue weighted by atomic mass is 19.2. The summed E-state index contributed by atoms with van der Waals surface area (Å²) in [6, 6.07) is 7.93. The Morgan fingerprint density at radius 3 is 2.67 bits per heavy atom. The summed E-state index contributed by atoms with van der Waals surface area (Å²) in [6.45, 7) is 0. The van der Waals surface area contributed by atoms with E-state index >= 15 is 0 Å². The number of fused-ring (bicyclic) bond motifs is 1. The third-order valence-corrected chi connectivity index (χ3v) is 3.17. The van der Waals surface area contributed by atoms with E-state index in [-0.39, 0.29) is 11.6 Å². The lowest BCUT2D eigenvalue weighted by Crippen LogP contribution is -2.12. The Labute approximate surface area is 118 Å². The van der Waals surface area contributed by atoms with Crippen LogP contribution >= 0.6 is 0 Å². The van der Waals surface area contributed by atoms with Gasteiger partial charge in [0.15, 0.2) is 11.6 Å². The van der Waals surface area contributed by atoms with Gasteiger partial charge in [-0.3, -0.25) is 9.59 Å². The Kier molecular flexibility index (Phi) is 3.13. The second kappa shape index (κ2) is 4.97. The van der Waals surface area contributed by atoms with Gasteiger partial charge in [-0.05, 0) is 29.8 Å². The molecule has 1 heterocycles. The molecule has 0 saturated carbocycles. The Bertz CT molecular complexity index is 759. The standard InChI is InChI=1S/C15H10F2N2O2/c16-11-4-3-10(7-12(11)17)18-15(21)9-2-1-8-6-14(20)19-13(8)5-9/h1-5,7H,6H2,(H,18,21)(H,19,20). The van der Waals surface area contributed by atoms with Crippen LogP contribution in [0.4, 0.5) is 20.2 Å². The van der Waals surface area contributed by atoms with Crippen molar-refractivity contribution in [3.8, 4) is 0 Å². The molecule has 2 N–H and O–H groups in total. The van der Waals surface area contributed by atoms with Crippen LogP contribution in [-0.2, 0) is 11.2 Å². The lowest BCUT2D eigenvalue weighted by molar-refractivity contribution is -0.115. The molecule has 0 spiro atoms. The molecular weight excluding hydrogens is 278 g/mol. The summed E-state index contributed by atoms with van der Waals surface area (Å²) in [7, 11) is 0. The van der Waals surface area contributed by atoms with Crippen LogP contribution in [-0.4, -0.2) is 11.8 Å². The van der Waals surface area contributed by atoms with Gasteiger partial charge in [0, 0.05) is 23.0 Å². The van der Waals surface area contributed by atoms with Gasteiger partial charge in [0.05, 0.1) is 6.42 Å². The number of amides is 2. The molecule has 0 unspecified atom stereocenters. The van der Waals surface area contributed by atoms with Crippen molar-refractivity contribution in [1.29, 1.82) is 0 Å². The second-order valence-corrected chi connectivity index (χ2v) is 4.68. The second-order valence-electron chi connectivity index (χ2n) is 4.68. The molecule has 0 radical (unpaired) electrons. The quantitative estimate of drug-likeness (QED) is 0.892. The molecule has 3 rings (SSSR count). The van der Waals surface area contributed by atoms with E-state index < -0.39 is 17.5 Å². The van der Waals surface area contributed by atoms with Crippen LogP contribution in [0.15, 0.2) is 36.4 Å². The molecule has 106 valence electrons. The van der Waals surface area contributed by atoms with Gasteiger partial charge in [0.2, 0.25) is 5.91 Å². The molecule has 0 atom stereocenters. The zero-order valence-electron chi connectivity index (χ0n) is 10.7. The Balaban J connectivity index is 1.81. The van der Waals surface area contributed by atoms with Crippen molar-refractivity contribution in [2.45, 2.75) is 6.42 Å². The first-order chi connectivity index (χ1) is 10.0. The minimum absolute atomic E-state index is 0.122. The third kappa shape index (κ3) is 2.60. The van der Waals surface area contributed by atoms with E-state index in [1.54, 1.807) is 18.2 Å². The summed E-state index contributed by atoms with van der Waals surface area (Å²) < 4.78 is 25.9. The highest BCUT2D eigenvalue weighted by Gasteiger charge is 2.19. The van der Waals surface area contributed by atoms with Gasteiger partial charge in [0.1, 0.15) is 0 Å². The summed E-state index contributed by atoms with van der Waals surface area (Å²) in [5.41, 5.74) is 1.89. The van der Waals surface area contributed by atoms with Gasteiger partial charge < -0.3 is 10.6 Å². The maximum atomic E-state index is 13.1. The molecule has 4 nitrogen and oxygen atoms in total. The molecule has 0 bridgehead atoms. The van der Waals surface area contributed by atoms with Crippen molar-refractivity contribution in [2.24, 2.45) is 0 Å². The Morgan fingerprint density at radius 1 is 1.10 bits per heavy atom. The number of nitrogens with one attached hydrogen (secondary N) is 2. The summed E-state index contributed by atoms with van der Waals surface area (Å²) in [5.74, 6) is -2.60. The van der Waals surface area contributed by atoms with E-state index in [4.69, 9.17) is 0 Å². The van der Waals surface area contributed by atoms with Crippen molar-refractivity contribution in [1.82, 2.24) is 0 Å². The molecule has 0 aromatic heterocycles. The number of hydrogen-bond acceptors (Lipinski definition) is 2. The Morgan fingerprint density at radius 2 is 1.90 bits per heavy atom. The number of carbonyl (C=O) groups is 2. The van der Waals surface area contributed by atoms with E-state index in [1.807, 2.05) is 0 Å². The summed E-state index contributed by atoms with van der Waals surface area (Å²) in [6.07, 6.45) is 0.292. The number of benzene rings is 2. The summed E-state index contributed by atoms with van der Waals surface area (Å²) >= 11 is 0. The van der Waals surface area contributed by atoms with Crippen LogP contribution in [0.25, 0.3) is 0 Å². The van der Waals surface area contributed by atoms with Crippen molar-refractivity contribution in [3.05, 3.63) is 59.2 Å². The summed E-state index contributed by atoms with van der Waals surface area (Å²) in [4.78, 5) is 23.3. The maximum absolute atomic E-state index is 13.1. The minimum atomic E-state index is -1.03. The van der Waals surface area contributed by atoms with E-state index in [0.29, 0.717) is 17.7 Å². The number of anilines is 2. The van der Waals surface area contributed by atoms with Crippen LogP contribution in [0.1, 0.15) is 15.9 Å². The number of carbonyl (C=O) groups excluding carboxylic acids is 2. The van der Waals surface area contributed by atoms with Gasteiger partial charge in [-0.1, -0.05) is 6.07 Å². The fraction of sp³-hybridized carbons (Fsp3) is 0.0667. The average molecular weight is 288 g/mol. The fourth-order valence-corrected chi connectivity index (χ4v) is 2.13. The molecule has 2 amide bonds. The number of hydrogen-bond donors (Lipinski definition) is 2. The van der Waals surface area contributed by atoms with E-state index in [0.717, 1.165) is 17.7 Å². The SMILES string of the molecule is O=C1Cc2ccc(C(=O)Nc3ccc(F)c(F)c3)cc2N1. The lowest BCUT2D eigenvalue weighted by atomic mass is 10.1. The zero-order chi connectivity index (χ0) is 15.0. The van der Waals surface area contributed by atoms with Crippen LogP contribution in [0.2, 0.25) is 0 Å². The van der Waals surface area contributed by atoms with E-state index in [2.05, 4.69) is 10.6 Å². The van der Waals surface area contributed by atoms with Crippen molar-refractivity contribution in [2.75, 3.05) is 10.6 Å². The first-order valence-electron chi connectivity index (χ1n) is 6.22. The van der Waals surface area contributed by atoms with Crippen LogP contribution in [0.3, 0.4) is 0 Å². The largest absolute Gasteiger partial charge is 0.326 e. The van der Waals surface area contributed by atoms with Crippen LogP contribution in [0.5, 0.6) is 0 Å². The normalized spacial score (nSPS) is 12.8. The predicted molar refractivity (Wildman–Crippen MR) is 73.1 cm³/mol. The first-order valence-corrected chi connectivity index (χ1v) is 6.22. The van der Waals surface area contributed by atoms with Crippen molar-refractivity contribution < 1.29 is 18.4 Å². The molecule has 1 aliphatic rings. The number of halogens is 2. The average Bonchev–Trinajstić information content (AvgIpc) is 2.82. The van der Waals surface area contributed by atoms with Crippen molar-refractivity contribution >= 4 is 23.2 Å². The molecule has 2 aromatic rings. The number of rotatable bonds is 2. The van der Waals surface area contributed by atoms with Gasteiger partial charge in [-0.2, -0.15) is 0 Å². The van der Waals surface area contributed by atoms with Gasteiger partial charge in [0.25, 0.3) is 5.91 Å². The molecule has 6 heteroatoms. The van der Waals surface area contributed by atoms with E-state index in [1.165, 1.54) is 6.07 Å². The maximum Gasteiger partial charge on any atom is 0.255 e. The van der Waals surface area contributed by atoms with Crippen LogP contribution in [0, 0.1) is 11.6 Å². The molecule has 0 fully saturated rings. The molecule has 21 heavy (non-hydrogen) atoms. The topological polar surface area (TPSA) is 58.2 Å². The third-order valence-electron chi connectivity index (χ3n) is 3.17. The molecule has 0 aliphatic carbocycles. The van der Waals surface area contributed by atoms with Crippen molar-refractivity contribution in [3.63, 3.8) is 0 Å². The fourth-order valence-electron chi connectivity index (χ4n) is 2.13. The summed E-state index contributed by atoms with van der Waals surface area (Å²) in [5, 5.41) is 5.11. The highest BCUT2D eigenvalue weighted by Crippen LogP contribution is 2.24. The molecule has 0 saturated heterocycles. The minimum Gasteiger partial charge on any atom is -0.326 e. The molecular formula is C15H10F2N2O2. The van der Waals surface area contributed by atoms with Gasteiger partial charge >= 0.3 is 0 Å². The molecule has 1 aliphatic heterocycles. The zero-order valence-corrected chi connectivity index (χ0v) is 10.7. The van der Waals surface area contributed by atoms with Gasteiger partial charge in [-0.25, -0.2) is 8.78 Å². The Hall–Kier alpha value is -2.76. The van der Waals surface area contributed by atoms with Crippen LogP contribution < -0.4 is 10.6 Å². The van der Waals surface area contributed by atoms with Gasteiger partial charge in [-0.15, -0.1) is 0 Å². The van der Waals surface area contributed by atoms with E-state index in [9.17, 15) is 18.4 Å². The molecule has 2 aromatic carbocycles. The monoisotopic (exact) mass is 288 g/mol. The highest BCUT2D eigenvalue weighted by molar-refractivity contribution is 6.07. The predicted octanol–water partition coefficient (Wildman–Crippen LogP) is 2.71. The first kappa shape index (κ1) is 13.2. The lowest BCUT2D eigenvalue weighted by Gasteiger charge is -2.07.